The molecule has 0 saturated heterocycles. The van der Waals surface area contributed by atoms with E-state index in [1.807, 2.05) is 0 Å². The lowest BCUT2D eigenvalue weighted by Crippen LogP contribution is -2.39. The van der Waals surface area contributed by atoms with E-state index in [1.165, 1.54) is 26.4 Å². The van der Waals surface area contributed by atoms with E-state index < -0.39 is 18.0 Å². The molecule has 1 atom stereocenters. The Hall–Kier alpha value is -1.11. The molecule has 1 rings (SSSR count). The predicted molar refractivity (Wildman–Crippen MR) is 65.6 cm³/mol. The Bertz CT molecular complexity index is 392. The molecule has 0 aliphatic rings. The van der Waals surface area contributed by atoms with Gasteiger partial charge in [-0.1, -0.05) is 18.2 Å². The molecule has 0 heterocycles. The van der Waals surface area contributed by atoms with Gasteiger partial charge in [-0.05, 0) is 18.6 Å². The van der Waals surface area contributed by atoms with E-state index in [0.29, 0.717) is 0 Å². The second-order valence-electron chi connectivity index (χ2n) is 4.16. The molecule has 108 valence electrons. The molecule has 1 N–H and O–H groups in total. The quantitative estimate of drug-likeness (QED) is 0.811. The first kappa shape index (κ1) is 15.9. The van der Waals surface area contributed by atoms with Crippen molar-refractivity contribution in [3.63, 3.8) is 0 Å². The van der Waals surface area contributed by atoms with Gasteiger partial charge in [0.1, 0.15) is 0 Å². The van der Waals surface area contributed by atoms with Crippen LogP contribution in [0.3, 0.4) is 0 Å². The van der Waals surface area contributed by atoms with Gasteiger partial charge in [0.15, 0.2) is 6.29 Å². The number of nitrogens with one attached hydrogen (secondary N) is 1. The summed E-state index contributed by atoms with van der Waals surface area (Å²) in [6.07, 6.45) is -4.85. The molecular formula is C13H18F3NO2. The average molecular weight is 277 g/mol. The van der Waals surface area contributed by atoms with Crippen molar-refractivity contribution < 1.29 is 22.6 Å². The Morgan fingerprint density at radius 1 is 1.16 bits per heavy atom. The number of hydrogen-bond donors (Lipinski definition) is 1. The van der Waals surface area contributed by atoms with Crippen molar-refractivity contribution in [1.29, 1.82) is 0 Å². The van der Waals surface area contributed by atoms with Gasteiger partial charge in [-0.25, -0.2) is 0 Å². The third-order valence-electron chi connectivity index (χ3n) is 2.81. The molecule has 0 bridgehead atoms. The van der Waals surface area contributed by atoms with Crippen molar-refractivity contribution in [2.45, 2.75) is 32.0 Å². The van der Waals surface area contributed by atoms with E-state index in [0.717, 1.165) is 6.07 Å². The Labute approximate surface area is 110 Å². The molecule has 0 amide bonds. The number of halogens is 3. The van der Waals surface area contributed by atoms with Crippen molar-refractivity contribution in [3.8, 4) is 0 Å². The zero-order valence-corrected chi connectivity index (χ0v) is 11.1. The largest absolute Gasteiger partial charge is 0.416 e. The van der Waals surface area contributed by atoms with Crippen molar-refractivity contribution in [1.82, 2.24) is 5.32 Å². The number of alkyl halides is 3. The maximum atomic E-state index is 12.8. The molecule has 0 aromatic heterocycles. The fourth-order valence-corrected chi connectivity index (χ4v) is 1.82. The minimum Gasteiger partial charge on any atom is -0.354 e. The molecule has 0 fully saturated rings. The molecule has 1 unspecified atom stereocenters. The van der Waals surface area contributed by atoms with E-state index in [-0.39, 0.29) is 18.2 Å². The number of methoxy groups -OCH3 is 2. The van der Waals surface area contributed by atoms with Crippen LogP contribution in [0.5, 0.6) is 0 Å². The predicted octanol–water partition coefficient (Wildman–Crippen LogP) is 2.80. The van der Waals surface area contributed by atoms with Crippen LogP contribution in [0.2, 0.25) is 0 Å². The SMILES string of the molecule is COC(OC)C(C)NCc1ccccc1C(F)(F)F. The van der Waals surface area contributed by atoms with Gasteiger partial charge in [-0.2, -0.15) is 13.2 Å². The summed E-state index contributed by atoms with van der Waals surface area (Å²) in [5.41, 5.74) is -0.422. The topological polar surface area (TPSA) is 30.5 Å². The minimum absolute atomic E-state index is 0.0973. The fourth-order valence-electron chi connectivity index (χ4n) is 1.82. The summed E-state index contributed by atoms with van der Waals surface area (Å²) in [4.78, 5) is 0. The molecule has 0 radical (unpaired) electrons. The van der Waals surface area contributed by atoms with E-state index >= 15 is 0 Å². The van der Waals surface area contributed by atoms with Crippen LogP contribution >= 0.6 is 0 Å². The van der Waals surface area contributed by atoms with Gasteiger partial charge in [0.25, 0.3) is 0 Å². The maximum absolute atomic E-state index is 12.8. The number of benzene rings is 1. The van der Waals surface area contributed by atoms with Gasteiger partial charge >= 0.3 is 6.18 Å². The van der Waals surface area contributed by atoms with Crippen LogP contribution in [0.1, 0.15) is 18.1 Å². The first-order chi connectivity index (χ1) is 8.90. The van der Waals surface area contributed by atoms with Gasteiger partial charge < -0.3 is 14.8 Å². The Balaban J connectivity index is 2.73. The third-order valence-corrected chi connectivity index (χ3v) is 2.81. The first-order valence-corrected chi connectivity index (χ1v) is 5.84. The summed E-state index contributed by atoms with van der Waals surface area (Å²) >= 11 is 0. The molecule has 0 saturated carbocycles. The van der Waals surface area contributed by atoms with Crippen molar-refractivity contribution >= 4 is 0 Å². The summed E-state index contributed by atoms with van der Waals surface area (Å²) < 4.78 is 48.4. The number of hydrogen-bond acceptors (Lipinski definition) is 3. The highest BCUT2D eigenvalue weighted by molar-refractivity contribution is 5.29. The summed E-state index contributed by atoms with van der Waals surface area (Å²) in [7, 11) is 2.96. The molecule has 0 spiro atoms. The Kier molecular flexibility index (Phi) is 5.78. The zero-order chi connectivity index (χ0) is 14.5. The summed E-state index contributed by atoms with van der Waals surface area (Å²) in [5, 5.41) is 2.96. The smallest absolute Gasteiger partial charge is 0.354 e. The second kappa shape index (κ2) is 6.88. The molecule has 0 aliphatic carbocycles. The molecule has 6 heteroatoms. The standard InChI is InChI=1S/C13H18F3NO2/c1-9(12(18-2)19-3)17-8-10-6-4-5-7-11(10)13(14,15)16/h4-7,9,12,17H,8H2,1-3H3. The lowest BCUT2D eigenvalue weighted by atomic mass is 10.1. The second-order valence-corrected chi connectivity index (χ2v) is 4.16. The first-order valence-electron chi connectivity index (χ1n) is 5.84. The Morgan fingerprint density at radius 2 is 1.74 bits per heavy atom. The maximum Gasteiger partial charge on any atom is 0.416 e. The molecule has 19 heavy (non-hydrogen) atoms. The zero-order valence-electron chi connectivity index (χ0n) is 11.1. The lowest BCUT2D eigenvalue weighted by molar-refractivity contribution is -0.138. The summed E-state index contributed by atoms with van der Waals surface area (Å²) in [6.45, 7) is 1.88. The summed E-state index contributed by atoms with van der Waals surface area (Å²) in [5.74, 6) is 0. The average Bonchev–Trinajstić information content (AvgIpc) is 2.37. The van der Waals surface area contributed by atoms with Crippen LogP contribution in [0.25, 0.3) is 0 Å². The van der Waals surface area contributed by atoms with E-state index in [2.05, 4.69) is 5.32 Å². The minimum atomic E-state index is -4.34. The molecule has 3 nitrogen and oxygen atoms in total. The molecule has 0 aliphatic heterocycles. The highest BCUT2D eigenvalue weighted by atomic mass is 19.4. The Morgan fingerprint density at radius 3 is 2.26 bits per heavy atom. The van der Waals surface area contributed by atoms with Crippen molar-refractivity contribution in [3.05, 3.63) is 35.4 Å². The number of ether oxygens (including phenoxy) is 2. The van der Waals surface area contributed by atoms with Gasteiger partial charge in [0, 0.05) is 20.8 Å². The third kappa shape index (κ3) is 4.49. The van der Waals surface area contributed by atoms with Crippen LogP contribution in [-0.4, -0.2) is 26.6 Å². The highest BCUT2D eigenvalue weighted by Crippen LogP contribution is 2.31. The highest BCUT2D eigenvalue weighted by Gasteiger charge is 2.32. The molecular weight excluding hydrogens is 259 g/mol. The van der Waals surface area contributed by atoms with Crippen LogP contribution < -0.4 is 5.32 Å². The number of rotatable bonds is 6. The van der Waals surface area contributed by atoms with Crippen molar-refractivity contribution in [2.24, 2.45) is 0 Å². The van der Waals surface area contributed by atoms with Crippen LogP contribution in [0, 0.1) is 0 Å². The monoisotopic (exact) mass is 277 g/mol. The van der Waals surface area contributed by atoms with Gasteiger partial charge in [-0.15, -0.1) is 0 Å². The molecule has 1 aromatic rings. The molecule has 1 aromatic carbocycles. The van der Waals surface area contributed by atoms with E-state index in [9.17, 15) is 13.2 Å². The lowest BCUT2D eigenvalue weighted by Gasteiger charge is -2.23. The van der Waals surface area contributed by atoms with Crippen LogP contribution in [-0.2, 0) is 22.2 Å². The van der Waals surface area contributed by atoms with E-state index in [4.69, 9.17) is 9.47 Å². The van der Waals surface area contributed by atoms with Gasteiger partial charge in [0.2, 0.25) is 0 Å². The van der Waals surface area contributed by atoms with Crippen molar-refractivity contribution in [2.75, 3.05) is 14.2 Å². The van der Waals surface area contributed by atoms with Crippen LogP contribution in [0.4, 0.5) is 13.2 Å². The van der Waals surface area contributed by atoms with Crippen LogP contribution in [0.15, 0.2) is 24.3 Å². The fraction of sp³-hybridized carbons (Fsp3) is 0.538. The summed E-state index contributed by atoms with van der Waals surface area (Å²) in [6, 6.07) is 5.27. The van der Waals surface area contributed by atoms with Gasteiger partial charge in [0.05, 0.1) is 11.6 Å². The van der Waals surface area contributed by atoms with E-state index in [1.54, 1.807) is 13.0 Å². The normalized spacial score (nSPS) is 13.8. The van der Waals surface area contributed by atoms with Gasteiger partial charge in [-0.3, -0.25) is 0 Å².